The molecule has 0 N–H and O–H groups in total. The maximum Gasteiger partial charge on any atom is 0.573 e. The van der Waals surface area contributed by atoms with Crippen molar-refractivity contribution >= 4 is 0 Å². The average molecular weight is 434 g/mol. The summed E-state index contributed by atoms with van der Waals surface area (Å²) in [6.07, 6.45) is -0.603. The Morgan fingerprint density at radius 1 is 0.968 bits per heavy atom. The van der Waals surface area contributed by atoms with Crippen LogP contribution in [0, 0.1) is 17.8 Å². The van der Waals surface area contributed by atoms with Crippen LogP contribution < -0.4 is 9.47 Å². The highest BCUT2D eigenvalue weighted by Crippen LogP contribution is 2.54. The minimum atomic E-state index is -4.64. The van der Waals surface area contributed by atoms with E-state index in [1.807, 2.05) is 6.07 Å². The predicted molar refractivity (Wildman–Crippen MR) is 114 cm³/mol. The first-order chi connectivity index (χ1) is 14.9. The minimum absolute atomic E-state index is 0.131. The smallest absolute Gasteiger partial charge is 0.494 e. The fourth-order valence-electron chi connectivity index (χ4n) is 4.81. The maximum absolute atomic E-state index is 12.4. The number of hydrogen-bond acceptors (Lipinski definition) is 3. The van der Waals surface area contributed by atoms with Crippen LogP contribution in [0.1, 0.15) is 37.3 Å². The SMILES string of the molecule is CCCCOc1ccc(CN2CC3C(CCc4cccc(OC(F)(F)F)c4)C3C2)cc1. The van der Waals surface area contributed by atoms with Crippen LogP contribution in [-0.2, 0) is 13.0 Å². The van der Waals surface area contributed by atoms with E-state index in [-0.39, 0.29) is 5.75 Å². The zero-order valence-electron chi connectivity index (χ0n) is 17.9. The van der Waals surface area contributed by atoms with Gasteiger partial charge in [-0.25, -0.2) is 0 Å². The summed E-state index contributed by atoms with van der Waals surface area (Å²) in [5.74, 6) is 2.95. The zero-order valence-corrected chi connectivity index (χ0v) is 17.9. The Balaban J connectivity index is 1.19. The molecule has 0 amide bonds. The first kappa shape index (κ1) is 22.0. The minimum Gasteiger partial charge on any atom is -0.494 e. The van der Waals surface area contributed by atoms with Crippen LogP contribution in [-0.4, -0.2) is 31.0 Å². The number of hydrogen-bond donors (Lipinski definition) is 0. The summed E-state index contributed by atoms with van der Waals surface area (Å²) in [5, 5.41) is 0. The fourth-order valence-corrected chi connectivity index (χ4v) is 4.81. The van der Waals surface area contributed by atoms with Crippen molar-refractivity contribution in [2.24, 2.45) is 17.8 Å². The fraction of sp³-hybridized carbons (Fsp3) is 0.520. The molecule has 2 aromatic carbocycles. The van der Waals surface area contributed by atoms with E-state index in [1.165, 1.54) is 17.7 Å². The van der Waals surface area contributed by atoms with Crippen LogP contribution in [0.25, 0.3) is 0 Å². The molecule has 2 aromatic rings. The van der Waals surface area contributed by atoms with E-state index in [0.717, 1.165) is 75.1 Å². The summed E-state index contributed by atoms with van der Waals surface area (Å²) < 4.78 is 46.9. The van der Waals surface area contributed by atoms with E-state index in [1.54, 1.807) is 6.07 Å². The first-order valence-corrected chi connectivity index (χ1v) is 11.2. The average Bonchev–Trinajstić information content (AvgIpc) is 3.18. The summed E-state index contributed by atoms with van der Waals surface area (Å²) in [6, 6.07) is 14.8. The lowest BCUT2D eigenvalue weighted by Crippen LogP contribution is -2.24. The Bertz CT molecular complexity index is 841. The van der Waals surface area contributed by atoms with Crippen LogP contribution in [0.4, 0.5) is 13.2 Å². The number of fused-ring (bicyclic) bond motifs is 1. The van der Waals surface area contributed by atoms with E-state index < -0.39 is 6.36 Å². The number of rotatable bonds is 10. The van der Waals surface area contributed by atoms with Crippen molar-refractivity contribution in [1.29, 1.82) is 0 Å². The number of benzene rings is 2. The molecule has 1 aliphatic carbocycles. The molecule has 1 heterocycles. The monoisotopic (exact) mass is 433 g/mol. The van der Waals surface area contributed by atoms with Gasteiger partial charge >= 0.3 is 6.36 Å². The van der Waals surface area contributed by atoms with Gasteiger partial charge in [-0.2, -0.15) is 0 Å². The highest BCUT2D eigenvalue weighted by Gasteiger charge is 2.54. The molecule has 6 heteroatoms. The van der Waals surface area contributed by atoms with E-state index in [0.29, 0.717) is 5.92 Å². The highest BCUT2D eigenvalue weighted by molar-refractivity contribution is 5.29. The zero-order chi connectivity index (χ0) is 21.8. The summed E-state index contributed by atoms with van der Waals surface area (Å²) in [5.41, 5.74) is 2.21. The van der Waals surface area contributed by atoms with Crippen molar-refractivity contribution in [3.63, 3.8) is 0 Å². The molecular weight excluding hydrogens is 403 g/mol. The summed E-state index contributed by atoms with van der Waals surface area (Å²) >= 11 is 0. The molecule has 4 rings (SSSR count). The van der Waals surface area contributed by atoms with Crippen molar-refractivity contribution in [2.45, 2.75) is 45.5 Å². The van der Waals surface area contributed by atoms with Crippen LogP contribution in [0.5, 0.6) is 11.5 Å². The molecule has 0 bridgehead atoms. The second kappa shape index (κ2) is 9.51. The molecule has 2 aliphatic rings. The van der Waals surface area contributed by atoms with E-state index in [9.17, 15) is 13.2 Å². The van der Waals surface area contributed by atoms with Gasteiger partial charge in [-0.1, -0.05) is 37.6 Å². The van der Waals surface area contributed by atoms with Gasteiger partial charge in [-0.15, -0.1) is 13.2 Å². The predicted octanol–water partition coefficient (Wildman–Crippen LogP) is 6.07. The van der Waals surface area contributed by atoms with Crippen molar-refractivity contribution in [1.82, 2.24) is 4.90 Å². The number of alkyl halides is 3. The topological polar surface area (TPSA) is 21.7 Å². The third-order valence-corrected chi connectivity index (χ3v) is 6.44. The largest absolute Gasteiger partial charge is 0.573 e. The molecule has 1 aliphatic heterocycles. The number of halogens is 3. The normalized spacial score (nSPS) is 22.9. The number of likely N-dealkylation sites (tertiary alicyclic amines) is 1. The molecule has 0 spiro atoms. The van der Waals surface area contributed by atoms with Crippen LogP contribution in [0.15, 0.2) is 48.5 Å². The quantitative estimate of drug-likeness (QED) is 0.424. The van der Waals surface area contributed by atoms with Crippen molar-refractivity contribution < 1.29 is 22.6 Å². The standard InChI is InChI=1S/C25H30F3NO2/c1-2-3-13-30-20-10-7-19(8-11-20)15-29-16-23-22(24(23)17-29)12-9-18-5-4-6-21(14-18)31-25(26,27)28/h4-8,10-11,14,22-24H,2-3,9,12-13,15-17H2,1H3. The molecular formula is C25H30F3NO2. The van der Waals surface area contributed by atoms with E-state index >= 15 is 0 Å². The van der Waals surface area contributed by atoms with Crippen LogP contribution in [0.3, 0.4) is 0 Å². The lowest BCUT2D eigenvalue weighted by atomic mass is 10.0. The van der Waals surface area contributed by atoms with Gasteiger partial charge < -0.3 is 9.47 Å². The van der Waals surface area contributed by atoms with Gasteiger partial charge in [0.2, 0.25) is 0 Å². The Hall–Kier alpha value is -2.21. The molecule has 2 atom stereocenters. The third kappa shape index (κ3) is 6.16. The van der Waals surface area contributed by atoms with Crippen molar-refractivity contribution in [3.8, 4) is 11.5 Å². The Morgan fingerprint density at radius 3 is 2.39 bits per heavy atom. The molecule has 0 radical (unpaired) electrons. The molecule has 2 fully saturated rings. The van der Waals surface area contributed by atoms with Crippen LogP contribution in [0.2, 0.25) is 0 Å². The third-order valence-electron chi connectivity index (χ3n) is 6.44. The maximum atomic E-state index is 12.4. The van der Waals surface area contributed by atoms with Crippen molar-refractivity contribution in [3.05, 3.63) is 59.7 Å². The molecule has 168 valence electrons. The van der Waals surface area contributed by atoms with Gasteiger partial charge in [0.05, 0.1) is 6.61 Å². The number of unbranched alkanes of at least 4 members (excludes halogenated alkanes) is 1. The number of aryl methyl sites for hydroxylation is 1. The van der Waals surface area contributed by atoms with Gasteiger partial charge in [0, 0.05) is 19.6 Å². The van der Waals surface area contributed by atoms with Gasteiger partial charge in [-0.05, 0) is 72.4 Å². The summed E-state index contributed by atoms with van der Waals surface area (Å²) in [4.78, 5) is 2.51. The second-order valence-corrected chi connectivity index (χ2v) is 8.77. The lowest BCUT2D eigenvalue weighted by Gasteiger charge is -2.19. The number of piperidine rings is 1. The molecule has 3 nitrogen and oxygen atoms in total. The van der Waals surface area contributed by atoms with E-state index in [4.69, 9.17) is 4.74 Å². The number of ether oxygens (including phenoxy) is 2. The molecule has 1 saturated carbocycles. The Kier molecular flexibility index (Phi) is 6.75. The Morgan fingerprint density at radius 2 is 1.71 bits per heavy atom. The van der Waals surface area contributed by atoms with Gasteiger partial charge in [-0.3, -0.25) is 4.90 Å². The second-order valence-electron chi connectivity index (χ2n) is 8.77. The Labute approximate surface area is 182 Å². The number of nitrogens with zero attached hydrogens (tertiary/aromatic N) is 1. The molecule has 1 saturated heterocycles. The summed E-state index contributed by atoms with van der Waals surface area (Å²) in [6.45, 7) is 6.11. The summed E-state index contributed by atoms with van der Waals surface area (Å²) in [7, 11) is 0. The van der Waals surface area contributed by atoms with E-state index in [2.05, 4.69) is 40.8 Å². The highest BCUT2D eigenvalue weighted by atomic mass is 19.4. The van der Waals surface area contributed by atoms with Crippen molar-refractivity contribution in [2.75, 3.05) is 19.7 Å². The lowest BCUT2D eigenvalue weighted by molar-refractivity contribution is -0.274. The first-order valence-electron chi connectivity index (χ1n) is 11.2. The van der Waals surface area contributed by atoms with Gasteiger partial charge in [0.25, 0.3) is 0 Å². The molecule has 31 heavy (non-hydrogen) atoms. The molecule has 2 unspecified atom stereocenters. The van der Waals surface area contributed by atoms with Crippen LogP contribution >= 0.6 is 0 Å². The van der Waals surface area contributed by atoms with Gasteiger partial charge in [0.1, 0.15) is 11.5 Å². The molecule has 0 aromatic heterocycles. The van der Waals surface area contributed by atoms with Gasteiger partial charge in [0.15, 0.2) is 0 Å².